The van der Waals surface area contributed by atoms with Crippen molar-refractivity contribution in [2.45, 2.75) is 6.42 Å². The molecule has 2 rings (SSSR count). The monoisotopic (exact) mass is 281 g/mol. The normalized spacial score (nSPS) is 10.6. The van der Waals surface area contributed by atoms with Crippen molar-refractivity contribution in [2.75, 3.05) is 6.54 Å². The standard InChI is InChI=1S/C11H12BrN3O/c12-9-1-3-10(4-2-9)15-11(16)8(5-6-13)7-14-15/h1-4,7,14H,5-6,13H2. The van der Waals surface area contributed by atoms with Crippen LogP contribution < -0.4 is 11.3 Å². The maximum atomic E-state index is 11.9. The van der Waals surface area contributed by atoms with Crippen LogP contribution in [0.15, 0.2) is 39.7 Å². The molecule has 3 N–H and O–H groups in total. The lowest BCUT2D eigenvalue weighted by atomic mass is 10.2. The van der Waals surface area contributed by atoms with E-state index in [1.165, 1.54) is 4.68 Å². The van der Waals surface area contributed by atoms with Crippen molar-refractivity contribution in [2.24, 2.45) is 5.73 Å². The third kappa shape index (κ3) is 2.10. The van der Waals surface area contributed by atoms with Crippen LogP contribution in [0.5, 0.6) is 0 Å². The lowest BCUT2D eigenvalue weighted by Gasteiger charge is -2.00. The van der Waals surface area contributed by atoms with E-state index in [0.717, 1.165) is 10.2 Å². The fourth-order valence-electron chi connectivity index (χ4n) is 1.52. The topological polar surface area (TPSA) is 63.8 Å². The zero-order valence-corrected chi connectivity index (χ0v) is 10.2. The Bertz CT molecular complexity index is 527. The second-order valence-corrected chi connectivity index (χ2v) is 4.37. The molecule has 0 saturated heterocycles. The first-order chi connectivity index (χ1) is 7.72. The number of nitrogens with two attached hydrogens (primary N) is 1. The van der Waals surface area contributed by atoms with Gasteiger partial charge in [-0.3, -0.25) is 9.89 Å². The highest BCUT2D eigenvalue weighted by Crippen LogP contribution is 2.12. The number of hydrogen-bond acceptors (Lipinski definition) is 2. The number of nitrogens with zero attached hydrogens (tertiary/aromatic N) is 1. The van der Waals surface area contributed by atoms with Gasteiger partial charge < -0.3 is 5.73 Å². The molecule has 0 aliphatic carbocycles. The van der Waals surface area contributed by atoms with Gasteiger partial charge in [0.05, 0.1) is 5.69 Å². The zero-order chi connectivity index (χ0) is 11.5. The van der Waals surface area contributed by atoms with Gasteiger partial charge in [-0.1, -0.05) is 15.9 Å². The molecule has 0 aliphatic rings. The minimum Gasteiger partial charge on any atom is -0.330 e. The van der Waals surface area contributed by atoms with E-state index < -0.39 is 0 Å². The van der Waals surface area contributed by atoms with E-state index in [1.807, 2.05) is 24.3 Å². The molecule has 0 radical (unpaired) electrons. The van der Waals surface area contributed by atoms with E-state index in [0.29, 0.717) is 18.5 Å². The summed E-state index contributed by atoms with van der Waals surface area (Å²) < 4.78 is 2.50. The first kappa shape index (κ1) is 11.2. The molecule has 2 aromatic rings. The largest absolute Gasteiger partial charge is 0.330 e. The molecule has 0 unspecified atom stereocenters. The predicted molar refractivity (Wildman–Crippen MR) is 66.8 cm³/mol. The van der Waals surface area contributed by atoms with Crippen LogP contribution in [0.4, 0.5) is 0 Å². The van der Waals surface area contributed by atoms with Gasteiger partial charge in [-0.25, -0.2) is 4.68 Å². The molecule has 1 aromatic heterocycles. The molecule has 5 heteroatoms. The van der Waals surface area contributed by atoms with Crippen LogP contribution in [0, 0.1) is 0 Å². The Morgan fingerprint density at radius 3 is 2.62 bits per heavy atom. The number of benzene rings is 1. The van der Waals surface area contributed by atoms with Crippen molar-refractivity contribution in [3.63, 3.8) is 0 Å². The summed E-state index contributed by atoms with van der Waals surface area (Å²) in [6.45, 7) is 0.480. The number of aromatic nitrogens is 2. The Balaban J connectivity index is 2.41. The van der Waals surface area contributed by atoms with E-state index in [-0.39, 0.29) is 5.56 Å². The number of H-pyrrole nitrogens is 1. The first-order valence-electron chi connectivity index (χ1n) is 4.97. The number of hydrogen-bond donors (Lipinski definition) is 2. The number of halogens is 1. The number of nitrogens with one attached hydrogen (secondary N) is 1. The van der Waals surface area contributed by atoms with Crippen LogP contribution >= 0.6 is 15.9 Å². The predicted octanol–water partition coefficient (Wildman–Crippen LogP) is 1.43. The average Bonchev–Trinajstić information content (AvgIpc) is 2.63. The summed E-state index contributed by atoms with van der Waals surface area (Å²) in [5, 5.41) is 2.93. The minimum absolute atomic E-state index is 0.0345. The third-order valence-corrected chi connectivity index (χ3v) is 2.87. The molecule has 0 saturated carbocycles. The maximum absolute atomic E-state index is 11.9. The first-order valence-corrected chi connectivity index (χ1v) is 5.77. The van der Waals surface area contributed by atoms with Crippen LogP contribution in [-0.4, -0.2) is 16.3 Å². The maximum Gasteiger partial charge on any atom is 0.274 e. The summed E-state index contributed by atoms with van der Waals surface area (Å²) in [6.07, 6.45) is 2.30. The molecule has 0 spiro atoms. The van der Waals surface area contributed by atoms with Crippen LogP contribution in [0.3, 0.4) is 0 Å². The average molecular weight is 282 g/mol. The van der Waals surface area contributed by atoms with E-state index >= 15 is 0 Å². The highest BCUT2D eigenvalue weighted by atomic mass is 79.9. The summed E-state index contributed by atoms with van der Waals surface area (Å²) in [7, 11) is 0. The van der Waals surface area contributed by atoms with Gasteiger partial charge in [0.1, 0.15) is 0 Å². The molecule has 0 amide bonds. The Hall–Kier alpha value is -1.33. The molecular weight excluding hydrogens is 270 g/mol. The van der Waals surface area contributed by atoms with Gasteiger partial charge in [-0.05, 0) is 37.2 Å². The van der Waals surface area contributed by atoms with E-state index in [9.17, 15) is 4.79 Å². The Morgan fingerprint density at radius 1 is 1.31 bits per heavy atom. The Kier molecular flexibility index (Phi) is 3.26. The van der Waals surface area contributed by atoms with Gasteiger partial charge in [0.15, 0.2) is 0 Å². The van der Waals surface area contributed by atoms with Gasteiger partial charge in [0, 0.05) is 16.2 Å². The van der Waals surface area contributed by atoms with E-state index in [4.69, 9.17) is 5.73 Å². The highest BCUT2D eigenvalue weighted by Gasteiger charge is 2.06. The summed E-state index contributed by atoms with van der Waals surface area (Å²) in [6, 6.07) is 7.53. The van der Waals surface area contributed by atoms with E-state index in [1.54, 1.807) is 6.20 Å². The van der Waals surface area contributed by atoms with Gasteiger partial charge >= 0.3 is 0 Å². The molecule has 0 atom stereocenters. The smallest absolute Gasteiger partial charge is 0.274 e. The second-order valence-electron chi connectivity index (χ2n) is 3.45. The number of aromatic amines is 1. The molecule has 1 aromatic carbocycles. The van der Waals surface area contributed by atoms with Gasteiger partial charge in [-0.15, -0.1) is 0 Å². The van der Waals surface area contributed by atoms with Gasteiger partial charge in [0.25, 0.3) is 5.56 Å². The molecule has 0 bridgehead atoms. The van der Waals surface area contributed by atoms with Crippen molar-refractivity contribution >= 4 is 15.9 Å². The molecule has 0 fully saturated rings. The molecule has 84 valence electrons. The fraction of sp³-hybridized carbons (Fsp3) is 0.182. The third-order valence-electron chi connectivity index (χ3n) is 2.34. The van der Waals surface area contributed by atoms with Crippen molar-refractivity contribution in [3.05, 3.63) is 50.9 Å². The summed E-state index contributed by atoms with van der Waals surface area (Å²) in [5.41, 5.74) is 6.92. The summed E-state index contributed by atoms with van der Waals surface area (Å²) in [5.74, 6) is 0. The highest BCUT2D eigenvalue weighted by molar-refractivity contribution is 9.10. The molecular formula is C11H12BrN3O. The van der Waals surface area contributed by atoms with Crippen molar-refractivity contribution in [3.8, 4) is 5.69 Å². The van der Waals surface area contributed by atoms with Crippen molar-refractivity contribution < 1.29 is 0 Å². The molecule has 1 heterocycles. The fourth-order valence-corrected chi connectivity index (χ4v) is 1.79. The zero-order valence-electron chi connectivity index (χ0n) is 8.61. The van der Waals surface area contributed by atoms with Gasteiger partial charge in [0.2, 0.25) is 0 Å². The van der Waals surface area contributed by atoms with E-state index in [2.05, 4.69) is 21.0 Å². The van der Waals surface area contributed by atoms with Crippen LogP contribution in [-0.2, 0) is 6.42 Å². The second kappa shape index (κ2) is 4.67. The summed E-state index contributed by atoms with van der Waals surface area (Å²) in [4.78, 5) is 11.9. The molecule has 16 heavy (non-hydrogen) atoms. The van der Waals surface area contributed by atoms with Crippen LogP contribution in [0.2, 0.25) is 0 Å². The Morgan fingerprint density at radius 2 is 2.00 bits per heavy atom. The molecule has 0 aliphatic heterocycles. The Labute approximate surface area is 101 Å². The molecule has 4 nitrogen and oxygen atoms in total. The lowest BCUT2D eigenvalue weighted by Crippen LogP contribution is -2.19. The van der Waals surface area contributed by atoms with Crippen LogP contribution in [0.1, 0.15) is 5.56 Å². The summed E-state index contributed by atoms with van der Waals surface area (Å²) >= 11 is 3.35. The van der Waals surface area contributed by atoms with Crippen molar-refractivity contribution in [1.82, 2.24) is 9.78 Å². The van der Waals surface area contributed by atoms with Crippen molar-refractivity contribution in [1.29, 1.82) is 0 Å². The van der Waals surface area contributed by atoms with Gasteiger partial charge in [-0.2, -0.15) is 0 Å². The number of rotatable bonds is 3. The quantitative estimate of drug-likeness (QED) is 0.894. The lowest BCUT2D eigenvalue weighted by molar-refractivity contribution is 0.844. The van der Waals surface area contributed by atoms with Crippen LogP contribution in [0.25, 0.3) is 5.69 Å². The minimum atomic E-state index is -0.0345. The SMILES string of the molecule is NCCc1c[nH]n(-c2ccc(Br)cc2)c1=O.